The van der Waals surface area contributed by atoms with Crippen LogP contribution in [0, 0.1) is 0 Å². The van der Waals surface area contributed by atoms with E-state index in [9.17, 15) is 0 Å². The molecule has 2 aromatic heterocycles. The Morgan fingerprint density at radius 3 is 2.06 bits per heavy atom. The summed E-state index contributed by atoms with van der Waals surface area (Å²) in [5.74, 6) is 2.50. The first-order valence-corrected chi connectivity index (χ1v) is 18.8. The number of para-hydroxylation sites is 4. The van der Waals surface area contributed by atoms with Crippen molar-refractivity contribution in [3.8, 4) is 28.4 Å². The molecule has 0 unspecified atom stereocenters. The molecule has 0 amide bonds. The van der Waals surface area contributed by atoms with E-state index in [0.29, 0.717) is 6.67 Å². The Morgan fingerprint density at radius 1 is 0.574 bits per heavy atom. The smallest absolute Gasteiger partial charge is 0.137 e. The summed E-state index contributed by atoms with van der Waals surface area (Å²) in [7, 11) is 0. The Hall–Kier alpha value is -6.33. The Bertz CT molecular complexity index is 2750. The largest absolute Gasteiger partial charge is 0.457 e. The number of rotatable bonds is 5. The zero-order chi connectivity index (χ0) is 36.8. The number of nitrogens with zero attached hydrogens (tertiary/aromatic N) is 4. The minimum absolute atomic E-state index is 0.0878. The third-order valence-electron chi connectivity index (χ3n) is 11.4. The van der Waals surface area contributed by atoms with Crippen LogP contribution in [-0.4, -0.2) is 16.2 Å². The van der Waals surface area contributed by atoms with Gasteiger partial charge < -0.3 is 14.5 Å². The molecule has 0 saturated carbocycles. The maximum absolute atomic E-state index is 6.88. The van der Waals surface area contributed by atoms with Crippen molar-refractivity contribution in [2.75, 3.05) is 16.5 Å². The van der Waals surface area contributed by atoms with Crippen molar-refractivity contribution in [1.29, 1.82) is 0 Å². The van der Waals surface area contributed by atoms with Crippen molar-refractivity contribution in [3.05, 3.63) is 168 Å². The molecular weight excluding hydrogens is 661 g/mol. The van der Waals surface area contributed by atoms with E-state index >= 15 is 0 Å². The first-order valence-electron chi connectivity index (χ1n) is 18.8. The first-order chi connectivity index (χ1) is 26.1. The summed E-state index contributed by atoms with van der Waals surface area (Å²) in [6, 6.07) is 52.1. The van der Waals surface area contributed by atoms with Gasteiger partial charge in [0.1, 0.15) is 24.0 Å². The maximum Gasteiger partial charge on any atom is 0.137 e. The molecule has 1 aliphatic heterocycles. The number of benzene rings is 6. The van der Waals surface area contributed by atoms with Crippen LogP contribution in [0.25, 0.3) is 38.8 Å². The van der Waals surface area contributed by atoms with Gasteiger partial charge in [-0.3, -0.25) is 4.57 Å². The summed E-state index contributed by atoms with van der Waals surface area (Å²) < 4.78 is 9.18. The maximum atomic E-state index is 6.88. The lowest BCUT2D eigenvalue weighted by Crippen LogP contribution is -2.24. The van der Waals surface area contributed by atoms with E-state index in [1.807, 2.05) is 0 Å². The molecule has 8 aromatic rings. The summed E-state index contributed by atoms with van der Waals surface area (Å²) in [5.41, 5.74) is 13.0. The van der Waals surface area contributed by atoms with Gasteiger partial charge in [-0.2, -0.15) is 0 Å². The molecule has 0 radical (unpaired) electrons. The predicted molar refractivity (Wildman–Crippen MR) is 223 cm³/mol. The second kappa shape index (κ2) is 11.8. The highest BCUT2D eigenvalue weighted by molar-refractivity contribution is 6.09. The van der Waals surface area contributed by atoms with Crippen molar-refractivity contribution in [3.63, 3.8) is 0 Å². The Morgan fingerprint density at radius 2 is 1.26 bits per heavy atom. The third-order valence-corrected chi connectivity index (χ3v) is 11.4. The van der Waals surface area contributed by atoms with Gasteiger partial charge in [0, 0.05) is 51.5 Å². The topological polar surface area (TPSA) is 33.5 Å². The van der Waals surface area contributed by atoms with Crippen LogP contribution in [0.15, 0.2) is 152 Å². The van der Waals surface area contributed by atoms with Crippen LogP contribution in [0.2, 0.25) is 0 Å². The minimum Gasteiger partial charge on any atom is -0.457 e. The molecule has 1 aliphatic carbocycles. The molecule has 0 bridgehead atoms. The molecule has 0 atom stereocenters. The van der Waals surface area contributed by atoms with Crippen molar-refractivity contribution < 1.29 is 4.74 Å². The second-order valence-corrected chi connectivity index (χ2v) is 16.2. The highest BCUT2D eigenvalue weighted by Crippen LogP contribution is 2.49. The van der Waals surface area contributed by atoms with Crippen LogP contribution >= 0.6 is 0 Å². The van der Waals surface area contributed by atoms with Gasteiger partial charge in [0.25, 0.3) is 0 Å². The van der Waals surface area contributed by atoms with E-state index in [-0.39, 0.29) is 10.8 Å². The highest BCUT2D eigenvalue weighted by atomic mass is 16.5. The van der Waals surface area contributed by atoms with Gasteiger partial charge in [-0.25, -0.2) is 4.98 Å². The molecule has 0 fully saturated rings. The molecule has 0 saturated heterocycles. The van der Waals surface area contributed by atoms with Crippen LogP contribution in [0.4, 0.5) is 22.7 Å². The fraction of sp³-hybridized carbons (Fsp3) is 0.163. The van der Waals surface area contributed by atoms with Crippen molar-refractivity contribution >= 4 is 44.6 Å². The number of hydrogen-bond acceptors (Lipinski definition) is 4. The molecule has 5 nitrogen and oxygen atoms in total. The second-order valence-electron chi connectivity index (χ2n) is 16.2. The average molecular weight is 703 g/mol. The van der Waals surface area contributed by atoms with E-state index in [4.69, 9.17) is 9.72 Å². The van der Waals surface area contributed by atoms with Gasteiger partial charge in [0.2, 0.25) is 0 Å². The van der Waals surface area contributed by atoms with Gasteiger partial charge >= 0.3 is 0 Å². The van der Waals surface area contributed by atoms with Gasteiger partial charge in [0.15, 0.2) is 0 Å². The normalized spacial score (nSPS) is 14.4. The summed E-state index contributed by atoms with van der Waals surface area (Å²) >= 11 is 0. The van der Waals surface area contributed by atoms with Crippen LogP contribution in [0.5, 0.6) is 11.5 Å². The van der Waals surface area contributed by atoms with Gasteiger partial charge in [-0.05, 0) is 88.3 Å². The van der Waals surface area contributed by atoms with E-state index in [1.54, 1.807) is 0 Å². The molecule has 0 spiro atoms. The van der Waals surface area contributed by atoms with Crippen molar-refractivity contribution in [2.24, 2.45) is 0 Å². The van der Waals surface area contributed by atoms with Crippen LogP contribution < -0.4 is 14.5 Å². The molecule has 5 heteroatoms. The van der Waals surface area contributed by atoms with E-state index in [1.165, 1.54) is 55.7 Å². The van der Waals surface area contributed by atoms with E-state index in [0.717, 1.165) is 34.0 Å². The molecule has 54 heavy (non-hydrogen) atoms. The lowest BCUT2D eigenvalue weighted by Gasteiger charge is -2.26. The van der Waals surface area contributed by atoms with Crippen LogP contribution in [0.3, 0.4) is 0 Å². The number of aromatic nitrogens is 2. The van der Waals surface area contributed by atoms with Crippen LogP contribution in [0.1, 0.15) is 51.3 Å². The summed E-state index contributed by atoms with van der Waals surface area (Å²) in [5, 5.41) is 2.36. The molecular formula is C49H42N4O. The number of ether oxygens (including phenoxy) is 1. The minimum atomic E-state index is -0.125. The molecule has 3 heterocycles. The van der Waals surface area contributed by atoms with Gasteiger partial charge in [0.05, 0.1) is 22.4 Å². The Balaban J connectivity index is 1.07. The predicted octanol–water partition coefficient (Wildman–Crippen LogP) is 12.8. The lowest BCUT2D eigenvalue weighted by atomic mass is 9.83. The number of pyridine rings is 1. The Kier molecular flexibility index (Phi) is 7.09. The molecule has 0 N–H and O–H groups in total. The fourth-order valence-corrected chi connectivity index (χ4v) is 8.60. The summed E-state index contributed by atoms with van der Waals surface area (Å²) in [4.78, 5) is 9.89. The molecule has 10 rings (SSSR count). The van der Waals surface area contributed by atoms with Gasteiger partial charge in [-0.15, -0.1) is 0 Å². The van der Waals surface area contributed by atoms with Crippen molar-refractivity contribution in [1.82, 2.24) is 9.55 Å². The van der Waals surface area contributed by atoms with Crippen molar-refractivity contribution in [2.45, 2.75) is 45.4 Å². The highest BCUT2D eigenvalue weighted by Gasteiger charge is 2.36. The van der Waals surface area contributed by atoms with Crippen LogP contribution in [-0.2, 0) is 10.8 Å². The summed E-state index contributed by atoms with van der Waals surface area (Å²) in [6.45, 7) is 12.1. The first kappa shape index (κ1) is 32.3. The SMILES string of the molecule is CC(C)(C)c1cc(Oc2ccc3c4ccccc4n(-c4cc5c(cn4)-c4ccccc4C5(C)C)c3c2)cc(N2CN(c3ccccc3)c3ccccc32)c1. The molecule has 6 aromatic carbocycles. The third kappa shape index (κ3) is 5.02. The number of anilines is 4. The quantitative estimate of drug-likeness (QED) is 0.179. The zero-order valence-electron chi connectivity index (χ0n) is 31.3. The number of hydrogen-bond donors (Lipinski definition) is 0. The zero-order valence-corrected chi connectivity index (χ0v) is 31.3. The standard InChI is InChI=1S/C49H42N4O/c1-48(2,3)32-25-34(52-31-51(33-15-7-6-8-16-33)44-21-13-14-22-45(44)52)27-36(26-32)54-35-23-24-39-38-18-10-12-20-43(38)53(46(39)28-35)47-29-42-40(30-50-47)37-17-9-11-19-41(37)49(42,4)5/h6-30H,31H2,1-5H3. The monoisotopic (exact) mass is 702 g/mol. The molecule has 264 valence electrons. The summed E-state index contributed by atoms with van der Waals surface area (Å²) in [6.07, 6.45) is 2.06. The van der Waals surface area contributed by atoms with Gasteiger partial charge in [-0.1, -0.05) is 107 Å². The lowest BCUT2D eigenvalue weighted by molar-refractivity contribution is 0.479. The fourth-order valence-electron chi connectivity index (χ4n) is 8.60. The number of fused-ring (bicyclic) bond motifs is 7. The average Bonchev–Trinajstić information content (AvgIpc) is 3.80. The Labute approximate surface area is 316 Å². The van der Waals surface area contributed by atoms with E-state index in [2.05, 4.69) is 201 Å². The van der Waals surface area contributed by atoms with E-state index < -0.39 is 0 Å². The molecule has 2 aliphatic rings.